The van der Waals surface area contributed by atoms with Crippen LogP contribution in [0.5, 0.6) is 0 Å². The second-order valence-corrected chi connectivity index (χ2v) is 9.38. The molecule has 1 aromatic carbocycles. The van der Waals surface area contributed by atoms with Crippen LogP contribution in [0.25, 0.3) is 0 Å². The first-order chi connectivity index (χ1) is 16.0. The van der Waals surface area contributed by atoms with Crippen LogP contribution in [0.3, 0.4) is 0 Å². The van der Waals surface area contributed by atoms with Gasteiger partial charge in [-0.3, -0.25) is 4.79 Å². The highest BCUT2D eigenvalue weighted by molar-refractivity contribution is 8.16. The molecule has 4 rings (SSSR count). The van der Waals surface area contributed by atoms with Crippen molar-refractivity contribution in [3.05, 3.63) is 58.3 Å². The molecule has 1 amide bonds. The van der Waals surface area contributed by atoms with Crippen LogP contribution >= 0.6 is 11.8 Å². The molecule has 1 aromatic rings. The summed E-state index contributed by atoms with van der Waals surface area (Å²) in [5.41, 5.74) is 2.95. The van der Waals surface area contributed by atoms with Crippen molar-refractivity contribution in [1.29, 1.82) is 0 Å². The number of likely N-dealkylation sites (tertiary alicyclic amines) is 1. The summed E-state index contributed by atoms with van der Waals surface area (Å²) < 4.78 is 10.5. The molecule has 0 unspecified atom stereocenters. The fraction of sp³-hybridized carbons (Fsp3) is 0.480. The number of hydrogen-bond donors (Lipinski definition) is 0. The summed E-state index contributed by atoms with van der Waals surface area (Å²) in [5, 5.41) is 2.78. The zero-order valence-electron chi connectivity index (χ0n) is 19.5. The maximum atomic E-state index is 13.2. The summed E-state index contributed by atoms with van der Waals surface area (Å²) in [6.07, 6.45) is 3.54. The molecule has 0 aromatic heterocycles. The molecular weight excluding hydrogens is 438 g/mol. The highest BCUT2D eigenvalue weighted by Gasteiger charge is 2.41. The number of rotatable bonds is 7. The maximum absolute atomic E-state index is 13.2. The molecule has 1 saturated heterocycles. The predicted molar refractivity (Wildman–Crippen MR) is 129 cm³/mol. The normalized spacial score (nSPS) is 22.6. The van der Waals surface area contributed by atoms with E-state index < -0.39 is 12.0 Å². The number of benzene rings is 1. The highest BCUT2D eigenvalue weighted by atomic mass is 32.2. The lowest BCUT2D eigenvalue weighted by Crippen LogP contribution is -2.43. The number of carbonyl (C=O) groups excluding carboxylic acids is 2. The molecular formula is C25H31N3O4S. The number of fused-ring (bicyclic) bond motifs is 1. The summed E-state index contributed by atoms with van der Waals surface area (Å²) in [5.74, 6) is -0.286. The van der Waals surface area contributed by atoms with Crippen LogP contribution in [0.2, 0.25) is 0 Å². The minimum atomic E-state index is -0.409. The summed E-state index contributed by atoms with van der Waals surface area (Å²) >= 11 is 1.50. The average molecular weight is 470 g/mol. The molecule has 7 nitrogen and oxygen atoms in total. The Balaban J connectivity index is 1.64. The lowest BCUT2D eigenvalue weighted by Gasteiger charge is -2.38. The molecule has 33 heavy (non-hydrogen) atoms. The topological polar surface area (TPSA) is 71.4 Å². The minimum Gasteiger partial charge on any atom is -0.460 e. The largest absolute Gasteiger partial charge is 0.460 e. The van der Waals surface area contributed by atoms with Gasteiger partial charge in [0.2, 0.25) is 5.91 Å². The Morgan fingerprint density at radius 3 is 2.70 bits per heavy atom. The average Bonchev–Trinajstić information content (AvgIpc) is 3.20. The maximum Gasteiger partial charge on any atom is 0.338 e. The SMILES string of the molecule is COCCOC(=O)C1=C(C)N=C2SC=C(CC(=O)N3CCCC[C@H]3C)N2[C@H]1c1ccccc1. The Kier molecular flexibility index (Phi) is 7.55. The van der Waals surface area contributed by atoms with E-state index in [4.69, 9.17) is 14.5 Å². The molecule has 8 heteroatoms. The van der Waals surface area contributed by atoms with Gasteiger partial charge in [-0.05, 0) is 44.1 Å². The number of allylic oxidation sites excluding steroid dienone is 1. The van der Waals surface area contributed by atoms with Gasteiger partial charge in [0, 0.05) is 25.4 Å². The number of piperidine rings is 1. The number of esters is 1. The van der Waals surface area contributed by atoms with E-state index >= 15 is 0 Å². The monoisotopic (exact) mass is 469 g/mol. The second-order valence-electron chi connectivity index (χ2n) is 8.54. The van der Waals surface area contributed by atoms with Crippen molar-refractivity contribution in [2.24, 2.45) is 4.99 Å². The number of amides is 1. The van der Waals surface area contributed by atoms with E-state index in [1.165, 1.54) is 18.2 Å². The second kappa shape index (κ2) is 10.6. The number of methoxy groups -OCH3 is 1. The van der Waals surface area contributed by atoms with Crippen LogP contribution in [0.1, 0.15) is 51.1 Å². The standard InChI is InChI=1S/C25H31N3O4S/c1-17-9-7-8-12-27(17)21(29)15-20-16-33-25-26-18(2)22(24(30)32-14-13-31-3)23(28(20)25)19-10-5-4-6-11-19/h4-6,10-11,16-17,23H,7-9,12-15H2,1-3H3/t17-,23+/m1/s1. The van der Waals surface area contributed by atoms with Crippen LogP contribution < -0.4 is 0 Å². The number of thioether (sulfide) groups is 1. The third-order valence-corrected chi connectivity index (χ3v) is 7.20. The van der Waals surface area contributed by atoms with Crippen LogP contribution in [0, 0.1) is 0 Å². The van der Waals surface area contributed by atoms with Crippen molar-refractivity contribution in [2.75, 3.05) is 26.9 Å². The molecule has 176 valence electrons. The number of carbonyl (C=O) groups is 2. The third-order valence-electron chi connectivity index (χ3n) is 6.31. The zero-order chi connectivity index (χ0) is 23.4. The fourth-order valence-corrected chi connectivity index (χ4v) is 5.57. The van der Waals surface area contributed by atoms with Gasteiger partial charge < -0.3 is 19.3 Å². The van der Waals surface area contributed by atoms with Gasteiger partial charge >= 0.3 is 5.97 Å². The van der Waals surface area contributed by atoms with Gasteiger partial charge in [-0.2, -0.15) is 0 Å². The molecule has 1 fully saturated rings. The van der Waals surface area contributed by atoms with E-state index in [0.29, 0.717) is 17.9 Å². The van der Waals surface area contributed by atoms with Crippen molar-refractivity contribution in [3.8, 4) is 0 Å². The van der Waals surface area contributed by atoms with Crippen molar-refractivity contribution in [3.63, 3.8) is 0 Å². The lowest BCUT2D eigenvalue weighted by molar-refractivity contribution is -0.141. The van der Waals surface area contributed by atoms with E-state index in [-0.39, 0.29) is 25.0 Å². The quantitative estimate of drug-likeness (QED) is 0.439. The van der Waals surface area contributed by atoms with Crippen molar-refractivity contribution in [2.45, 2.75) is 51.6 Å². The third kappa shape index (κ3) is 5.01. The van der Waals surface area contributed by atoms with E-state index in [1.54, 1.807) is 7.11 Å². The first-order valence-electron chi connectivity index (χ1n) is 11.5. The Hall–Kier alpha value is -2.58. The Labute approximate surface area is 199 Å². The summed E-state index contributed by atoms with van der Waals surface area (Å²) in [6.45, 7) is 5.27. The van der Waals surface area contributed by atoms with Gasteiger partial charge in [0.05, 0.1) is 30.3 Å². The number of nitrogens with zero attached hydrogens (tertiary/aromatic N) is 3. The molecule has 0 aliphatic carbocycles. The van der Waals surface area contributed by atoms with Gasteiger partial charge in [-0.15, -0.1) is 0 Å². The van der Waals surface area contributed by atoms with E-state index in [2.05, 4.69) is 6.92 Å². The first kappa shape index (κ1) is 23.6. The highest BCUT2D eigenvalue weighted by Crippen LogP contribution is 2.45. The molecule has 0 radical (unpaired) electrons. The van der Waals surface area contributed by atoms with Crippen LogP contribution in [0.15, 0.2) is 57.7 Å². The van der Waals surface area contributed by atoms with Crippen LogP contribution in [-0.2, 0) is 19.1 Å². The minimum absolute atomic E-state index is 0.123. The van der Waals surface area contributed by atoms with Crippen molar-refractivity contribution < 1.29 is 19.1 Å². The lowest BCUT2D eigenvalue weighted by atomic mass is 9.94. The Morgan fingerprint density at radius 2 is 1.97 bits per heavy atom. The van der Waals surface area contributed by atoms with Crippen molar-refractivity contribution in [1.82, 2.24) is 9.80 Å². The summed E-state index contributed by atoms with van der Waals surface area (Å²) in [6, 6.07) is 9.71. The molecule has 0 bridgehead atoms. The number of aliphatic imine (C=N–C) groups is 1. The Bertz CT molecular complexity index is 989. The van der Waals surface area contributed by atoms with Crippen molar-refractivity contribution >= 4 is 28.8 Å². The molecule has 3 aliphatic heterocycles. The van der Waals surface area contributed by atoms with Gasteiger partial charge in [0.15, 0.2) is 5.17 Å². The summed E-state index contributed by atoms with van der Waals surface area (Å²) in [7, 11) is 1.57. The Morgan fingerprint density at radius 1 is 1.18 bits per heavy atom. The molecule has 2 atom stereocenters. The molecule has 0 spiro atoms. The van der Waals surface area contributed by atoms with Gasteiger partial charge in [0.1, 0.15) is 6.61 Å². The molecule has 3 heterocycles. The smallest absolute Gasteiger partial charge is 0.338 e. The number of amidine groups is 1. The first-order valence-corrected chi connectivity index (χ1v) is 12.3. The molecule has 0 saturated carbocycles. The van der Waals surface area contributed by atoms with Gasteiger partial charge in [0.25, 0.3) is 0 Å². The zero-order valence-corrected chi connectivity index (χ0v) is 20.3. The van der Waals surface area contributed by atoms with E-state index in [1.807, 2.05) is 52.5 Å². The van der Waals surface area contributed by atoms with E-state index in [0.717, 1.165) is 35.8 Å². The van der Waals surface area contributed by atoms with E-state index in [9.17, 15) is 9.59 Å². The van der Waals surface area contributed by atoms with Crippen LogP contribution in [0.4, 0.5) is 0 Å². The predicted octanol–water partition coefficient (Wildman–Crippen LogP) is 4.24. The number of hydrogen-bond acceptors (Lipinski definition) is 7. The van der Waals surface area contributed by atoms with Gasteiger partial charge in [-0.1, -0.05) is 42.1 Å². The van der Waals surface area contributed by atoms with Gasteiger partial charge in [-0.25, -0.2) is 9.79 Å². The molecule has 3 aliphatic rings. The summed E-state index contributed by atoms with van der Waals surface area (Å²) in [4.78, 5) is 35.1. The fourth-order valence-electron chi connectivity index (χ4n) is 4.60. The van der Waals surface area contributed by atoms with Crippen LogP contribution in [-0.4, -0.2) is 59.8 Å². The molecule has 0 N–H and O–H groups in total. The number of ether oxygens (including phenoxy) is 2.